The van der Waals surface area contributed by atoms with Crippen LogP contribution in [0.4, 0.5) is 35.9 Å². The molecule has 0 saturated carbocycles. The second-order valence-electron chi connectivity index (χ2n) is 6.71. The zero-order chi connectivity index (χ0) is 25.1. The van der Waals surface area contributed by atoms with Crippen LogP contribution in [0.25, 0.3) is 0 Å². The molecule has 0 amide bonds. The van der Waals surface area contributed by atoms with Gasteiger partial charge in [0.25, 0.3) is 5.69 Å². The molecule has 0 spiro atoms. The van der Waals surface area contributed by atoms with E-state index in [4.69, 9.17) is 15.3 Å². The van der Waals surface area contributed by atoms with E-state index in [2.05, 4.69) is 32.2 Å². The lowest BCUT2D eigenvalue weighted by molar-refractivity contribution is -0.385. The Hall–Kier alpha value is -3.55. The number of azo groups is 1. The molecule has 0 atom stereocenters. The number of ether oxygens (including phenoxy) is 1. The summed E-state index contributed by atoms with van der Waals surface area (Å²) in [5, 5.41) is 35.9. The van der Waals surface area contributed by atoms with Crippen molar-refractivity contribution in [3.8, 4) is 12.1 Å². The maximum atomic E-state index is 13.4. The number of hydrogen-bond acceptors (Lipinski definition) is 8. The normalized spacial score (nSPS) is 11.2. The molecular formula is C21H18BrF3N6O3. The van der Waals surface area contributed by atoms with Crippen LogP contribution in [0.2, 0.25) is 0 Å². The monoisotopic (exact) mass is 538 g/mol. The summed E-state index contributed by atoms with van der Waals surface area (Å²) < 4.78 is 45.4. The van der Waals surface area contributed by atoms with Crippen LogP contribution in [0.1, 0.15) is 18.4 Å². The molecule has 2 aromatic carbocycles. The zero-order valence-corrected chi connectivity index (χ0v) is 19.2. The van der Waals surface area contributed by atoms with Crippen LogP contribution in [0.5, 0.6) is 0 Å². The average molecular weight is 539 g/mol. The number of nitriles is 2. The minimum absolute atomic E-state index is 0.214. The first-order valence-corrected chi connectivity index (χ1v) is 10.6. The predicted octanol–water partition coefficient (Wildman–Crippen LogP) is 6.44. The van der Waals surface area contributed by atoms with E-state index in [0.717, 1.165) is 11.8 Å². The van der Waals surface area contributed by atoms with Crippen molar-refractivity contribution in [2.24, 2.45) is 10.2 Å². The molecule has 0 unspecified atom stereocenters. The number of non-ortho nitro benzene ring substituents is 1. The first-order valence-electron chi connectivity index (χ1n) is 9.81. The fraction of sp³-hybridized carbons (Fsp3) is 0.333. The quantitative estimate of drug-likeness (QED) is 0.140. The largest absolute Gasteiger partial charge is 0.418 e. The first kappa shape index (κ1) is 26.7. The fourth-order valence-corrected chi connectivity index (χ4v) is 3.32. The summed E-state index contributed by atoms with van der Waals surface area (Å²) in [4.78, 5) is 11.9. The third-order valence-electron chi connectivity index (χ3n) is 4.40. The highest BCUT2D eigenvalue weighted by molar-refractivity contribution is 9.10. The Bertz CT molecular complexity index is 1110. The summed E-state index contributed by atoms with van der Waals surface area (Å²) >= 11 is 2.91. The summed E-state index contributed by atoms with van der Waals surface area (Å²) in [7, 11) is 0. The minimum atomic E-state index is -4.87. The van der Waals surface area contributed by atoms with Gasteiger partial charge in [-0.25, -0.2) is 0 Å². The molecule has 178 valence electrons. The van der Waals surface area contributed by atoms with Crippen molar-refractivity contribution in [2.75, 3.05) is 31.2 Å². The van der Waals surface area contributed by atoms with Crippen LogP contribution < -0.4 is 4.90 Å². The number of alkyl halides is 3. The van der Waals surface area contributed by atoms with Crippen molar-refractivity contribution in [2.45, 2.75) is 19.0 Å². The van der Waals surface area contributed by atoms with Gasteiger partial charge in [-0.05, 0) is 40.2 Å². The molecule has 0 fully saturated rings. The maximum absolute atomic E-state index is 13.4. The van der Waals surface area contributed by atoms with Crippen LogP contribution in [0.3, 0.4) is 0 Å². The van der Waals surface area contributed by atoms with Gasteiger partial charge in [0.1, 0.15) is 5.69 Å². The molecule has 0 heterocycles. The number of nitrogens with zero attached hydrogens (tertiary/aromatic N) is 6. The Balaban J connectivity index is 2.22. The van der Waals surface area contributed by atoms with Crippen molar-refractivity contribution < 1.29 is 22.8 Å². The molecule has 13 heteroatoms. The lowest BCUT2D eigenvalue weighted by Gasteiger charge is -2.23. The molecule has 0 aliphatic rings. The summed E-state index contributed by atoms with van der Waals surface area (Å²) in [5.41, 5.74) is -1.59. The molecule has 2 aromatic rings. The van der Waals surface area contributed by atoms with Gasteiger partial charge in [0, 0.05) is 30.9 Å². The Labute approximate surface area is 201 Å². The fourth-order valence-electron chi connectivity index (χ4n) is 2.80. The van der Waals surface area contributed by atoms with E-state index in [-0.39, 0.29) is 23.0 Å². The van der Waals surface area contributed by atoms with E-state index >= 15 is 0 Å². The van der Waals surface area contributed by atoms with Crippen molar-refractivity contribution in [3.63, 3.8) is 0 Å². The van der Waals surface area contributed by atoms with E-state index in [0.29, 0.717) is 32.4 Å². The van der Waals surface area contributed by atoms with Crippen molar-refractivity contribution in [3.05, 3.63) is 56.5 Å². The molecule has 0 aliphatic carbocycles. The van der Waals surface area contributed by atoms with Gasteiger partial charge in [0.15, 0.2) is 0 Å². The lowest BCUT2D eigenvalue weighted by Crippen LogP contribution is -2.28. The number of anilines is 1. The minimum Gasteiger partial charge on any atom is -0.379 e. The Morgan fingerprint density at radius 1 is 1.06 bits per heavy atom. The summed E-state index contributed by atoms with van der Waals surface area (Å²) in [6, 6.07) is 11.8. The number of nitro benzene ring substituents is 1. The topological polar surface area (TPSA) is 128 Å². The zero-order valence-electron chi connectivity index (χ0n) is 17.6. The Morgan fingerprint density at radius 3 is 2.32 bits per heavy atom. The molecule has 0 aromatic heterocycles. The number of nitro groups is 1. The summed E-state index contributed by atoms with van der Waals surface area (Å²) in [6.45, 7) is 1.56. The smallest absolute Gasteiger partial charge is 0.379 e. The van der Waals surface area contributed by atoms with Gasteiger partial charge in [-0.3, -0.25) is 10.1 Å². The van der Waals surface area contributed by atoms with E-state index in [1.807, 2.05) is 11.0 Å². The van der Waals surface area contributed by atoms with Crippen LogP contribution >= 0.6 is 15.9 Å². The van der Waals surface area contributed by atoms with Crippen LogP contribution in [-0.2, 0) is 10.9 Å². The van der Waals surface area contributed by atoms with E-state index in [9.17, 15) is 23.3 Å². The number of hydrogen-bond donors (Lipinski definition) is 0. The summed E-state index contributed by atoms with van der Waals surface area (Å²) in [6.07, 6.45) is -4.32. The lowest BCUT2D eigenvalue weighted by atomic mass is 10.1. The molecule has 0 N–H and O–H groups in total. The van der Waals surface area contributed by atoms with Gasteiger partial charge in [0.05, 0.1) is 58.8 Å². The standard InChI is InChI=1S/C21H18BrF3N6O3/c22-19-14-17(31(32)33)13-18(21(23,24)25)20(19)29-28-15-3-5-16(6-4-15)30(9-1-7-26)10-12-34-11-2-8-27/h3-6,13-14H,1-2,9-12H2. The number of halogens is 4. The molecule has 2 rings (SSSR count). The van der Waals surface area contributed by atoms with Gasteiger partial charge in [-0.15, -0.1) is 5.11 Å². The van der Waals surface area contributed by atoms with Crippen molar-refractivity contribution in [1.82, 2.24) is 0 Å². The maximum Gasteiger partial charge on any atom is 0.418 e. The summed E-state index contributed by atoms with van der Waals surface area (Å²) in [5.74, 6) is 0. The molecule has 0 bridgehead atoms. The Morgan fingerprint density at radius 2 is 1.74 bits per heavy atom. The van der Waals surface area contributed by atoms with Crippen LogP contribution in [-0.4, -0.2) is 31.2 Å². The molecule has 9 nitrogen and oxygen atoms in total. The molecule has 34 heavy (non-hydrogen) atoms. The highest BCUT2D eigenvalue weighted by Crippen LogP contribution is 2.43. The van der Waals surface area contributed by atoms with Gasteiger partial charge in [-0.1, -0.05) is 0 Å². The first-order chi connectivity index (χ1) is 16.2. The van der Waals surface area contributed by atoms with E-state index < -0.39 is 28.0 Å². The molecule has 0 aliphatic heterocycles. The second-order valence-corrected chi connectivity index (χ2v) is 7.57. The van der Waals surface area contributed by atoms with Gasteiger partial charge < -0.3 is 9.64 Å². The van der Waals surface area contributed by atoms with Gasteiger partial charge in [0.2, 0.25) is 0 Å². The second kappa shape index (κ2) is 12.6. The van der Waals surface area contributed by atoms with Crippen molar-refractivity contribution in [1.29, 1.82) is 10.5 Å². The number of benzene rings is 2. The number of rotatable bonds is 11. The molecule has 0 saturated heterocycles. The average Bonchev–Trinajstić information content (AvgIpc) is 2.79. The molecular weight excluding hydrogens is 521 g/mol. The Kier molecular flexibility index (Phi) is 9.92. The van der Waals surface area contributed by atoms with Gasteiger partial charge in [-0.2, -0.15) is 28.8 Å². The third kappa shape index (κ3) is 7.79. The molecule has 0 radical (unpaired) electrons. The van der Waals surface area contributed by atoms with Crippen molar-refractivity contribution >= 4 is 38.7 Å². The van der Waals surface area contributed by atoms with E-state index in [1.165, 1.54) is 0 Å². The van der Waals surface area contributed by atoms with Gasteiger partial charge >= 0.3 is 6.18 Å². The predicted molar refractivity (Wildman–Crippen MR) is 120 cm³/mol. The highest BCUT2D eigenvalue weighted by Gasteiger charge is 2.36. The SMILES string of the molecule is N#CCCOCCN(CCC#N)c1ccc(N=Nc2c(Br)cc([N+](=O)[O-])cc2C(F)(F)F)cc1. The highest BCUT2D eigenvalue weighted by atomic mass is 79.9. The van der Waals surface area contributed by atoms with Crippen LogP contribution in [0, 0.1) is 32.8 Å². The third-order valence-corrected chi connectivity index (χ3v) is 5.01. The van der Waals surface area contributed by atoms with E-state index in [1.54, 1.807) is 24.3 Å². The van der Waals surface area contributed by atoms with Crippen LogP contribution in [0.15, 0.2) is 51.1 Å².